The molecule has 0 aromatic carbocycles. The highest BCUT2D eigenvalue weighted by molar-refractivity contribution is 5.95. The van der Waals surface area contributed by atoms with E-state index < -0.39 is 91.4 Å². The zero-order chi connectivity index (χ0) is 27.4. The van der Waals surface area contributed by atoms with Crippen molar-refractivity contribution in [3.05, 3.63) is 18.2 Å². The average Bonchev–Trinajstić information content (AvgIpc) is 3.27. The number of hydrogen-bond acceptors (Lipinski definition) is 9. The van der Waals surface area contributed by atoms with Crippen LogP contribution in [-0.4, -0.2) is 91.0 Å². The van der Waals surface area contributed by atoms with E-state index in [1.165, 1.54) is 12.5 Å². The molecule has 0 aliphatic rings. The number of carbonyl (C=O) groups is 7. The van der Waals surface area contributed by atoms with Crippen molar-refractivity contribution in [1.82, 2.24) is 25.9 Å². The Morgan fingerprint density at radius 1 is 0.861 bits per heavy atom. The number of nitrogens with two attached hydrogens (primary N) is 2. The summed E-state index contributed by atoms with van der Waals surface area (Å²) in [7, 11) is 0. The Balaban J connectivity index is 3.10. The summed E-state index contributed by atoms with van der Waals surface area (Å²) in [6, 6.07) is -6.25. The monoisotopic (exact) mass is 513 g/mol. The summed E-state index contributed by atoms with van der Waals surface area (Å²) in [5.41, 5.74) is 10.8. The maximum Gasteiger partial charge on any atom is 0.326 e. The molecular formula is C19H27N7O10. The van der Waals surface area contributed by atoms with Crippen LogP contribution in [0.3, 0.4) is 0 Å². The highest BCUT2D eigenvalue weighted by Crippen LogP contribution is 2.05. The van der Waals surface area contributed by atoms with Gasteiger partial charge in [0.25, 0.3) is 0 Å². The minimum atomic E-state index is -1.70. The fourth-order valence-electron chi connectivity index (χ4n) is 2.87. The molecule has 4 unspecified atom stereocenters. The molecule has 198 valence electrons. The second-order valence-corrected chi connectivity index (χ2v) is 7.61. The third kappa shape index (κ3) is 10.6. The number of rotatable bonds is 16. The number of aromatic amines is 1. The maximum absolute atomic E-state index is 12.9. The van der Waals surface area contributed by atoms with E-state index in [1.807, 2.05) is 0 Å². The van der Waals surface area contributed by atoms with E-state index in [0.29, 0.717) is 5.69 Å². The fourth-order valence-corrected chi connectivity index (χ4v) is 2.87. The van der Waals surface area contributed by atoms with E-state index in [9.17, 15) is 38.7 Å². The molecule has 0 aliphatic carbocycles. The smallest absolute Gasteiger partial charge is 0.326 e. The van der Waals surface area contributed by atoms with Crippen molar-refractivity contribution in [3.63, 3.8) is 0 Å². The van der Waals surface area contributed by atoms with Gasteiger partial charge in [0.1, 0.15) is 18.1 Å². The normalized spacial score (nSPS) is 13.9. The first-order valence-electron chi connectivity index (χ1n) is 10.4. The molecule has 0 bridgehead atoms. The van der Waals surface area contributed by atoms with Crippen LogP contribution in [-0.2, 0) is 40.0 Å². The Morgan fingerprint density at radius 3 is 1.94 bits per heavy atom. The summed E-state index contributed by atoms with van der Waals surface area (Å²) < 4.78 is 0. The van der Waals surface area contributed by atoms with Crippen LogP contribution in [0.5, 0.6) is 0 Å². The number of amides is 4. The Bertz CT molecular complexity index is 981. The SMILES string of the molecule is NC(=O)CC(NC(=O)C(Cc1cnc[nH]1)NC(=O)C(CCC(=O)O)NC(=O)C(N)CC(=O)O)C(=O)O. The number of carbonyl (C=O) groups excluding carboxylic acids is 4. The summed E-state index contributed by atoms with van der Waals surface area (Å²) in [6.45, 7) is 0. The second-order valence-electron chi connectivity index (χ2n) is 7.61. The summed E-state index contributed by atoms with van der Waals surface area (Å²) in [5.74, 6) is -8.38. The number of carboxylic acids is 3. The van der Waals surface area contributed by atoms with E-state index >= 15 is 0 Å². The minimum Gasteiger partial charge on any atom is -0.481 e. The number of aromatic nitrogens is 2. The molecule has 1 aromatic rings. The molecule has 11 N–H and O–H groups in total. The number of aliphatic carboxylic acids is 3. The molecule has 1 rings (SSSR count). The first-order chi connectivity index (χ1) is 16.8. The Labute approximate surface area is 203 Å². The number of nitrogens with zero attached hydrogens (tertiary/aromatic N) is 1. The number of hydrogen-bond donors (Lipinski definition) is 9. The molecular weight excluding hydrogens is 486 g/mol. The van der Waals surface area contributed by atoms with Gasteiger partial charge in [-0.15, -0.1) is 0 Å². The highest BCUT2D eigenvalue weighted by atomic mass is 16.4. The van der Waals surface area contributed by atoms with Crippen LogP contribution >= 0.6 is 0 Å². The first kappa shape index (κ1) is 29.5. The summed E-state index contributed by atoms with van der Waals surface area (Å²) >= 11 is 0. The lowest BCUT2D eigenvalue weighted by atomic mass is 10.1. The first-order valence-corrected chi connectivity index (χ1v) is 10.4. The van der Waals surface area contributed by atoms with Gasteiger partial charge in [0, 0.05) is 24.7 Å². The van der Waals surface area contributed by atoms with E-state index in [0.717, 1.165) is 0 Å². The van der Waals surface area contributed by atoms with Crippen LogP contribution < -0.4 is 27.4 Å². The van der Waals surface area contributed by atoms with E-state index in [4.69, 9.17) is 21.7 Å². The lowest BCUT2D eigenvalue weighted by Crippen LogP contribution is -2.58. The number of imidazole rings is 1. The Morgan fingerprint density at radius 2 is 1.44 bits per heavy atom. The molecule has 36 heavy (non-hydrogen) atoms. The van der Waals surface area contributed by atoms with Crippen LogP contribution in [0.1, 0.15) is 31.4 Å². The molecule has 17 heteroatoms. The molecule has 0 aliphatic heterocycles. The predicted molar refractivity (Wildman–Crippen MR) is 117 cm³/mol. The van der Waals surface area contributed by atoms with Gasteiger partial charge in [-0.3, -0.25) is 28.8 Å². The third-order valence-electron chi connectivity index (χ3n) is 4.64. The van der Waals surface area contributed by atoms with Crippen molar-refractivity contribution in [1.29, 1.82) is 0 Å². The predicted octanol–water partition coefficient (Wildman–Crippen LogP) is -3.97. The molecule has 0 saturated carbocycles. The highest BCUT2D eigenvalue weighted by Gasteiger charge is 2.31. The van der Waals surface area contributed by atoms with Gasteiger partial charge in [0.2, 0.25) is 23.6 Å². The van der Waals surface area contributed by atoms with E-state index in [-0.39, 0.29) is 6.42 Å². The molecule has 4 atom stereocenters. The molecule has 1 heterocycles. The van der Waals surface area contributed by atoms with Crippen molar-refractivity contribution in [3.8, 4) is 0 Å². The quantitative estimate of drug-likeness (QED) is 0.102. The lowest BCUT2D eigenvalue weighted by molar-refractivity contribution is -0.143. The van der Waals surface area contributed by atoms with E-state index in [1.54, 1.807) is 0 Å². The number of H-pyrrole nitrogens is 1. The molecule has 0 radical (unpaired) electrons. The molecule has 17 nitrogen and oxygen atoms in total. The van der Waals surface area contributed by atoms with E-state index in [2.05, 4.69) is 25.9 Å². The second kappa shape index (κ2) is 14.0. The van der Waals surface area contributed by atoms with Gasteiger partial charge in [-0.2, -0.15) is 0 Å². The van der Waals surface area contributed by atoms with Crippen molar-refractivity contribution in [2.45, 2.75) is 56.3 Å². The van der Waals surface area contributed by atoms with Gasteiger partial charge in [-0.05, 0) is 6.42 Å². The molecule has 0 fully saturated rings. The third-order valence-corrected chi connectivity index (χ3v) is 4.64. The molecule has 0 saturated heterocycles. The van der Waals surface area contributed by atoms with Crippen molar-refractivity contribution < 1.29 is 48.9 Å². The fraction of sp³-hybridized carbons (Fsp3) is 0.474. The molecule has 4 amide bonds. The molecule has 0 spiro atoms. The number of carboxylic acid groups (broad SMARTS) is 3. The van der Waals surface area contributed by atoms with Gasteiger partial charge in [0.05, 0.1) is 25.2 Å². The maximum atomic E-state index is 12.9. The Hall–Kier alpha value is -4.54. The number of nitrogens with one attached hydrogen (secondary N) is 4. The van der Waals surface area contributed by atoms with Gasteiger partial charge in [0.15, 0.2) is 0 Å². The average molecular weight is 513 g/mol. The largest absolute Gasteiger partial charge is 0.481 e. The van der Waals surface area contributed by atoms with Crippen molar-refractivity contribution >= 4 is 41.5 Å². The van der Waals surface area contributed by atoms with Crippen LogP contribution in [0, 0.1) is 0 Å². The Kier molecular flexibility index (Phi) is 11.5. The van der Waals surface area contributed by atoms with Gasteiger partial charge < -0.3 is 47.7 Å². The lowest BCUT2D eigenvalue weighted by Gasteiger charge is -2.24. The van der Waals surface area contributed by atoms with Crippen LogP contribution in [0.2, 0.25) is 0 Å². The minimum absolute atomic E-state index is 0.237. The zero-order valence-electron chi connectivity index (χ0n) is 18.8. The van der Waals surface area contributed by atoms with Gasteiger partial charge >= 0.3 is 17.9 Å². The zero-order valence-corrected chi connectivity index (χ0v) is 18.8. The topological polar surface area (TPSA) is 297 Å². The standard InChI is InChI=1S/C19H27N7O10/c20-9(4-15(30)31)16(32)24-10(1-2-14(28)29)17(33)25-11(3-8-6-22-7-23-8)18(34)26-12(19(35)36)5-13(21)27/h6-7,9-12H,1-5,20H2,(H2,21,27)(H,22,23)(H,24,32)(H,25,33)(H,26,34)(H,28,29)(H,30,31)(H,35,36). The summed E-state index contributed by atoms with van der Waals surface area (Å²) in [4.78, 5) is 88.6. The van der Waals surface area contributed by atoms with Crippen molar-refractivity contribution in [2.24, 2.45) is 11.5 Å². The van der Waals surface area contributed by atoms with Crippen LogP contribution in [0.25, 0.3) is 0 Å². The van der Waals surface area contributed by atoms with Gasteiger partial charge in [-0.1, -0.05) is 0 Å². The molecule has 1 aromatic heterocycles. The summed E-state index contributed by atoms with van der Waals surface area (Å²) in [6.07, 6.45) is -0.157. The van der Waals surface area contributed by atoms with Crippen molar-refractivity contribution in [2.75, 3.05) is 0 Å². The van der Waals surface area contributed by atoms with Gasteiger partial charge in [-0.25, -0.2) is 9.78 Å². The van der Waals surface area contributed by atoms with Crippen LogP contribution in [0.4, 0.5) is 0 Å². The van der Waals surface area contributed by atoms with Crippen LogP contribution in [0.15, 0.2) is 12.5 Å². The summed E-state index contributed by atoms with van der Waals surface area (Å²) in [5, 5.41) is 33.5. The number of primary amides is 1.